The fourth-order valence-electron chi connectivity index (χ4n) is 2.04. The number of rotatable bonds is 6. The fourth-order valence-corrected chi connectivity index (χ4v) is 3.56. The third kappa shape index (κ3) is 4.28. The molecule has 5 heteroatoms. The smallest absolute Gasteiger partial charge is 0.129 e. The van der Waals surface area contributed by atoms with Gasteiger partial charge in [0.25, 0.3) is 0 Å². The molecular weight excluding hydrogens is 351 g/mol. The topological polar surface area (TPSA) is 24.9 Å². The molecule has 2 aromatic rings. The molecule has 0 saturated carbocycles. The van der Waals surface area contributed by atoms with Gasteiger partial charge in [-0.1, -0.05) is 24.8 Å². The van der Waals surface area contributed by atoms with Gasteiger partial charge in [-0.05, 0) is 60.1 Å². The number of hydrogen-bond acceptors (Lipinski definition) is 3. The van der Waals surface area contributed by atoms with Crippen LogP contribution in [0.4, 0.5) is 4.39 Å². The van der Waals surface area contributed by atoms with Gasteiger partial charge in [0.05, 0.1) is 4.47 Å². The normalized spacial score (nSPS) is 12.4. The summed E-state index contributed by atoms with van der Waals surface area (Å²) in [6.07, 6.45) is 2.76. The van der Waals surface area contributed by atoms with Crippen LogP contribution in [0.15, 0.2) is 50.9 Å². The van der Waals surface area contributed by atoms with Gasteiger partial charge in [0.1, 0.15) is 10.8 Å². The van der Waals surface area contributed by atoms with Gasteiger partial charge in [-0.2, -0.15) is 0 Å². The van der Waals surface area contributed by atoms with Crippen molar-refractivity contribution >= 4 is 27.7 Å². The maximum Gasteiger partial charge on any atom is 0.129 e. The van der Waals surface area contributed by atoms with E-state index in [1.807, 2.05) is 25.1 Å². The van der Waals surface area contributed by atoms with Crippen LogP contribution in [0.3, 0.4) is 0 Å². The second-order valence-electron chi connectivity index (χ2n) is 4.72. The van der Waals surface area contributed by atoms with E-state index < -0.39 is 0 Å². The van der Waals surface area contributed by atoms with Gasteiger partial charge in [0.15, 0.2) is 0 Å². The van der Waals surface area contributed by atoms with Crippen LogP contribution in [-0.4, -0.2) is 11.5 Å². The van der Waals surface area contributed by atoms with Crippen molar-refractivity contribution in [3.05, 3.63) is 52.4 Å². The van der Waals surface area contributed by atoms with Crippen molar-refractivity contribution < 1.29 is 4.39 Å². The number of aromatic nitrogens is 1. The predicted molar refractivity (Wildman–Crippen MR) is 89.2 cm³/mol. The summed E-state index contributed by atoms with van der Waals surface area (Å²) in [5, 5.41) is 4.18. The van der Waals surface area contributed by atoms with Crippen LogP contribution >= 0.6 is 27.7 Å². The Morgan fingerprint density at radius 1 is 1.33 bits per heavy atom. The molecule has 0 bridgehead atoms. The first-order valence-corrected chi connectivity index (χ1v) is 8.54. The van der Waals surface area contributed by atoms with E-state index in [4.69, 9.17) is 0 Å². The van der Waals surface area contributed by atoms with Crippen LogP contribution in [-0.2, 0) is 0 Å². The van der Waals surface area contributed by atoms with Crippen molar-refractivity contribution in [2.24, 2.45) is 0 Å². The van der Waals surface area contributed by atoms with Crippen LogP contribution in [0.25, 0.3) is 0 Å². The fraction of sp³-hybridized carbons (Fsp3) is 0.312. The summed E-state index contributed by atoms with van der Waals surface area (Å²) in [6.45, 7) is 4.96. The Labute approximate surface area is 137 Å². The average molecular weight is 369 g/mol. The summed E-state index contributed by atoms with van der Waals surface area (Å²) in [6, 6.07) is 8.96. The van der Waals surface area contributed by atoms with Crippen molar-refractivity contribution in [3.63, 3.8) is 0 Å². The van der Waals surface area contributed by atoms with Crippen molar-refractivity contribution in [1.82, 2.24) is 10.3 Å². The first kappa shape index (κ1) is 16.5. The summed E-state index contributed by atoms with van der Waals surface area (Å²) in [7, 11) is 0. The van der Waals surface area contributed by atoms with Crippen molar-refractivity contribution in [2.45, 2.75) is 36.2 Å². The van der Waals surface area contributed by atoms with E-state index in [2.05, 4.69) is 33.2 Å². The van der Waals surface area contributed by atoms with Crippen LogP contribution in [0.1, 0.15) is 31.9 Å². The first-order chi connectivity index (χ1) is 10.1. The molecular formula is C16H18BrFN2S. The van der Waals surface area contributed by atoms with Gasteiger partial charge in [-0.15, -0.1) is 0 Å². The summed E-state index contributed by atoms with van der Waals surface area (Å²) < 4.78 is 15.2. The van der Waals surface area contributed by atoms with Crippen molar-refractivity contribution in [3.8, 4) is 0 Å². The number of halogens is 2. The summed E-state index contributed by atoms with van der Waals surface area (Å²) in [5.41, 5.74) is 0.702. The van der Waals surface area contributed by atoms with Crippen LogP contribution in [0.5, 0.6) is 0 Å². The number of hydrogen-bond donors (Lipinski definition) is 1. The van der Waals surface area contributed by atoms with Gasteiger partial charge >= 0.3 is 0 Å². The van der Waals surface area contributed by atoms with Crippen molar-refractivity contribution in [1.29, 1.82) is 0 Å². The van der Waals surface area contributed by atoms with E-state index in [1.165, 1.54) is 17.8 Å². The second-order valence-corrected chi connectivity index (χ2v) is 6.60. The van der Waals surface area contributed by atoms with Gasteiger partial charge in [-0.25, -0.2) is 9.37 Å². The van der Waals surface area contributed by atoms with Gasteiger partial charge in [-0.3, -0.25) is 0 Å². The molecule has 1 aromatic heterocycles. The lowest BCUT2D eigenvalue weighted by Crippen LogP contribution is -2.21. The minimum Gasteiger partial charge on any atom is -0.310 e. The van der Waals surface area contributed by atoms with Crippen LogP contribution < -0.4 is 5.32 Å². The van der Waals surface area contributed by atoms with Gasteiger partial charge in [0, 0.05) is 22.7 Å². The molecule has 0 aliphatic rings. The SMILES string of the molecule is CCCNC(C)c1c(F)cccc1Sc1ncccc1Br. The zero-order valence-electron chi connectivity index (χ0n) is 12.1. The van der Waals surface area contributed by atoms with E-state index >= 15 is 0 Å². The molecule has 112 valence electrons. The highest BCUT2D eigenvalue weighted by Crippen LogP contribution is 2.36. The third-order valence-electron chi connectivity index (χ3n) is 3.08. The highest BCUT2D eigenvalue weighted by Gasteiger charge is 2.17. The predicted octanol–water partition coefficient (Wildman–Crippen LogP) is 5.20. The quantitative estimate of drug-likeness (QED) is 0.758. The largest absolute Gasteiger partial charge is 0.310 e. The Hall–Kier alpha value is -0.910. The Bertz CT molecular complexity index is 607. The van der Waals surface area contributed by atoms with Crippen LogP contribution in [0, 0.1) is 5.82 Å². The molecule has 1 atom stereocenters. The Morgan fingerprint density at radius 3 is 2.86 bits per heavy atom. The van der Waals surface area contributed by atoms with E-state index in [0.29, 0.717) is 5.56 Å². The first-order valence-electron chi connectivity index (χ1n) is 6.93. The lowest BCUT2D eigenvalue weighted by atomic mass is 10.1. The third-order valence-corrected chi connectivity index (χ3v) is 5.07. The Kier molecular flexibility index (Phi) is 6.21. The monoisotopic (exact) mass is 368 g/mol. The minimum atomic E-state index is -0.178. The molecule has 1 N–H and O–H groups in total. The number of nitrogens with zero attached hydrogens (tertiary/aromatic N) is 1. The maximum absolute atomic E-state index is 14.2. The average Bonchev–Trinajstić information content (AvgIpc) is 2.47. The molecule has 2 rings (SSSR count). The van der Waals surface area contributed by atoms with E-state index in [0.717, 1.165) is 27.4 Å². The molecule has 0 radical (unpaired) electrons. The summed E-state index contributed by atoms with van der Waals surface area (Å²) in [5.74, 6) is -0.178. The lowest BCUT2D eigenvalue weighted by molar-refractivity contribution is 0.519. The zero-order chi connectivity index (χ0) is 15.2. The second kappa shape index (κ2) is 7.92. The Balaban J connectivity index is 2.31. The number of pyridine rings is 1. The lowest BCUT2D eigenvalue weighted by Gasteiger charge is -2.18. The molecule has 1 heterocycles. The molecule has 0 fully saturated rings. The Morgan fingerprint density at radius 2 is 2.14 bits per heavy atom. The van der Waals surface area contributed by atoms with Crippen molar-refractivity contribution in [2.75, 3.05) is 6.54 Å². The summed E-state index contributed by atoms with van der Waals surface area (Å²) in [4.78, 5) is 5.23. The molecule has 0 spiro atoms. The standard InChI is InChI=1S/C16H18BrFN2S/c1-3-9-19-11(2)15-13(18)7-4-8-14(15)21-16-12(17)6-5-10-20-16/h4-8,10-11,19H,3,9H2,1-2H3. The molecule has 0 aliphatic carbocycles. The number of nitrogens with one attached hydrogen (secondary N) is 1. The molecule has 21 heavy (non-hydrogen) atoms. The van der Waals surface area contributed by atoms with E-state index in [1.54, 1.807) is 12.3 Å². The number of benzene rings is 1. The van der Waals surface area contributed by atoms with Crippen LogP contribution in [0.2, 0.25) is 0 Å². The molecule has 2 nitrogen and oxygen atoms in total. The molecule has 0 amide bonds. The van der Waals surface area contributed by atoms with E-state index in [-0.39, 0.29) is 11.9 Å². The summed E-state index contributed by atoms with van der Waals surface area (Å²) >= 11 is 4.96. The molecule has 1 unspecified atom stereocenters. The zero-order valence-corrected chi connectivity index (χ0v) is 14.5. The highest BCUT2D eigenvalue weighted by atomic mass is 79.9. The highest BCUT2D eigenvalue weighted by molar-refractivity contribution is 9.10. The van der Waals surface area contributed by atoms with Gasteiger partial charge < -0.3 is 5.32 Å². The maximum atomic E-state index is 14.2. The molecule has 0 aliphatic heterocycles. The minimum absolute atomic E-state index is 0.0314. The molecule has 0 saturated heterocycles. The van der Waals surface area contributed by atoms with Gasteiger partial charge in [0.2, 0.25) is 0 Å². The molecule has 1 aromatic carbocycles. The van der Waals surface area contributed by atoms with E-state index in [9.17, 15) is 4.39 Å².